The number of aromatic nitrogens is 1. The van der Waals surface area contributed by atoms with Crippen molar-refractivity contribution < 1.29 is 10.2 Å². The highest BCUT2D eigenvalue weighted by Gasteiger charge is 2.25. The Morgan fingerprint density at radius 3 is 1.86 bits per heavy atom. The minimum atomic E-state index is 0.242. The van der Waals surface area contributed by atoms with Gasteiger partial charge in [0, 0.05) is 25.2 Å². The second-order valence-electron chi connectivity index (χ2n) is 6.52. The zero-order valence-electron chi connectivity index (χ0n) is 13.2. The lowest BCUT2D eigenvalue weighted by atomic mass is 10.2. The zero-order valence-corrected chi connectivity index (χ0v) is 13.2. The van der Waals surface area contributed by atoms with Crippen LogP contribution in [0.2, 0.25) is 0 Å². The van der Waals surface area contributed by atoms with E-state index in [1.807, 2.05) is 0 Å². The summed E-state index contributed by atoms with van der Waals surface area (Å²) >= 11 is 0. The van der Waals surface area contributed by atoms with E-state index < -0.39 is 0 Å². The van der Waals surface area contributed by atoms with Crippen LogP contribution in [0.25, 0.3) is 0 Å². The third-order valence-corrected chi connectivity index (χ3v) is 5.01. The van der Waals surface area contributed by atoms with Gasteiger partial charge in [0.15, 0.2) is 0 Å². The van der Waals surface area contributed by atoms with Gasteiger partial charge >= 0.3 is 0 Å². The fourth-order valence-corrected chi connectivity index (χ4v) is 3.74. The number of nitrogens with zero attached hydrogens (tertiary/aromatic N) is 3. The van der Waals surface area contributed by atoms with Crippen molar-refractivity contribution in [3.63, 3.8) is 0 Å². The van der Waals surface area contributed by atoms with E-state index in [1.165, 1.54) is 0 Å². The molecule has 2 saturated heterocycles. The molecule has 2 atom stereocenters. The lowest BCUT2D eigenvalue weighted by Crippen LogP contribution is -2.33. The largest absolute Gasteiger partial charge is 0.395 e. The van der Waals surface area contributed by atoms with Crippen molar-refractivity contribution >= 4 is 0 Å². The molecular formula is C17H27N3O2. The van der Waals surface area contributed by atoms with Crippen molar-refractivity contribution in [1.29, 1.82) is 0 Å². The molecule has 0 unspecified atom stereocenters. The van der Waals surface area contributed by atoms with E-state index in [1.54, 1.807) is 0 Å². The standard InChI is InChI=1S/C17H27N3O2/c21-12-16-6-2-8-19(16)10-14-4-1-5-15(18-14)11-20-9-3-7-17(20)13-22/h1,4-5,16-17,21-22H,2-3,6-13H2/t16-,17-/m0/s1. The van der Waals surface area contributed by atoms with E-state index in [0.717, 1.165) is 63.3 Å². The molecule has 0 saturated carbocycles. The molecule has 5 heteroatoms. The second kappa shape index (κ2) is 7.51. The normalized spacial score (nSPS) is 26.8. The molecule has 1 aromatic heterocycles. The highest BCUT2D eigenvalue weighted by molar-refractivity contribution is 5.12. The lowest BCUT2D eigenvalue weighted by molar-refractivity contribution is 0.149. The highest BCUT2D eigenvalue weighted by Crippen LogP contribution is 2.21. The molecule has 0 spiro atoms. The fourth-order valence-electron chi connectivity index (χ4n) is 3.74. The first-order chi connectivity index (χ1) is 10.8. The van der Waals surface area contributed by atoms with Crippen LogP contribution in [-0.4, -0.2) is 63.4 Å². The molecule has 0 radical (unpaired) electrons. The van der Waals surface area contributed by atoms with E-state index in [2.05, 4.69) is 28.0 Å². The van der Waals surface area contributed by atoms with Gasteiger partial charge in [-0.25, -0.2) is 0 Å². The van der Waals surface area contributed by atoms with Crippen LogP contribution in [0.4, 0.5) is 0 Å². The predicted octanol–water partition coefficient (Wildman–Crippen LogP) is 0.995. The van der Waals surface area contributed by atoms with Crippen LogP contribution >= 0.6 is 0 Å². The lowest BCUT2D eigenvalue weighted by Gasteiger charge is -2.24. The first-order valence-electron chi connectivity index (χ1n) is 8.45. The molecule has 2 aliphatic rings. The van der Waals surface area contributed by atoms with E-state index in [0.29, 0.717) is 12.1 Å². The Hall–Kier alpha value is -1.01. The summed E-state index contributed by atoms with van der Waals surface area (Å²) in [7, 11) is 0. The van der Waals surface area contributed by atoms with Gasteiger partial charge in [0.25, 0.3) is 0 Å². The molecule has 0 aliphatic carbocycles. The average Bonchev–Trinajstić information content (AvgIpc) is 3.16. The smallest absolute Gasteiger partial charge is 0.0587 e. The van der Waals surface area contributed by atoms with Crippen LogP contribution < -0.4 is 0 Å². The minimum absolute atomic E-state index is 0.242. The Morgan fingerprint density at radius 1 is 0.909 bits per heavy atom. The Balaban J connectivity index is 1.62. The van der Waals surface area contributed by atoms with Crippen LogP contribution in [-0.2, 0) is 13.1 Å². The molecule has 2 fully saturated rings. The SMILES string of the molecule is OC[C@@H]1CCCN1Cc1cccc(CN2CCC[C@H]2CO)n1. The number of likely N-dealkylation sites (tertiary alicyclic amines) is 2. The quantitative estimate of drug-likeness (QED) is 0.821. The van der Waals surface area contributed by atoms with Crippen molar-refractivity contribution in [3.8, 4) is 0 Å². The number of aliphatic hydroxyl groups excluding tert-OH is 2. The van der Waals surface area contributed by atoms with Gasteiger partial charge in [-0.3, -0.25) is 14.8 Å². The fraction of sp³-hybridized carbons (Fsp3) is 0.706. The van der Waals surface area contributed by atoms with Gasteiger partial charge in [-0.05, 0) is 50.9 Å². The number of aliphatic hydroxyl groups is 2. The molecule has 3 heterocycles. The number of pyridine rings is 1. The number of rotatable bonds is 6. The molecule has 22 heavy (non-hydrogen) atoms. The number of hydrogen-bond acceptors (Lipinski definition) is 5. The first-order valence-corrected chi connectivity index (χ1v) is 8.45. The van der Waals surface area contributed by atoms with Crippen molar-refractivity contribution in [2.75, 3.05) is 26.3 Å². The van der Waals surface area contributed by atoms with E-state index in [-0.39, 0.29) is 13.2 Å². The molecule has 122 valence electrons. The third kappa shape index (κ3) is 3.66. The van der Waals surface area contributed by atoms with Gasteiger partial charge in [-0.1, -0.05) is 6.07 Å². The van der Waals surface area contributed by atoms with Gasteiger partial charge < -0.3 is 10.2 Å². The molecule has 0 bridgehead atoms. The molecule has 2 N–H and O–H groups in total. The second-order valence-corrected chi connectivity index (χ2v) is 6.52. The highest BCUT2D eigenvalue weighted by atomic mass is 16.3. The van der Waals surface area contributed by atoms with Gasteiger partial charge in [0.05, 0.1) is 24.6 Å². The van der Waals surface area contributed by atoms with Crippen LogP contribution in [0.1, 0.15) is 37.1 Å². The van der Waals surface area contributed by atoms with Gasteiger partial charge in [0.1, 0.15) is 0 Å². The zero-order chi connectivity index (χ0) is 15.4. The van der Waals surface area contributed by atoms with Crippen molar-refractivity contribution in [2.45, 2.75) is 50.9 Å². The molecule has 0 amide bonds. The molecule has 3 rings (SSSR count). The summed E-state index contributed by atoms with van der Waals surface area (Å²) in [5.41, 5.74) is 2.16. The summed E-state index contributed by atoms with van der Waals surface area (Å²) < 4.78 is 0. The van der Waals surface area contributed by atoms with Gasteiger partial charge in [-0.15, -0.1) is 0 Å². The Labute approximate surface area is 132 Å². The Kier molecular flexibility index (Phi) is 5.41. The van der Waals surface area contributed by atoms with Crippen molar-refractivity contribution in [1.82, 2.24) is 14.8 Å². The Morgan fingerprint density at radius 2 is 1.41 bits per heavy atom. The monoisotopic (exact) mass is 305 g/mol. The summed E-state index contributed by atoms with van der Waals surface area (Å²) in [6.07, 6.45) is 4.50. The van der Waals surface area contributed by atoms with E-state index in [4.69, 9.17) is 4.98 Å². The molecule has 2 aliphatic heterocycles. The molecule has 5 nitrogen and oxygen atoms in total. The van der Waals surface area contributed by atoms with Crippen LogP contribution in [0.3, 0.4) is 0 Å². The summed E-state index contributed by atoms with van der Waals surface area (Å²) in [4.78, 5) is 9.45. The summed E-state index contributed by atoms with van der Waals surface area (Å²) in [5, 5.41) is 18.8. The van der Waals surface area contributed by atoms with Gasteiger partial charge in [-0.2, -0.15) is 0 Å². The van der Waals surface area contributed by atoms with Gasteiger partial charge in [0.2, 0.25) is 0 Å². The van der Waals surface area contributed by atoms with E-state index in [9.17, 15) is 10.2 Å². The summed E-state index contributed by atoms with van der Waals surface area (Å²) in [5.74, 6) is 0. The maximum atomic E-state index is 9.42. The van der Waals surface area contributed by atoms with Crippen molar-refractivity contribution in [3.05, 3.63) is 29.6 Å². The first kappa shape index (κ1) is 15.9. The van der Waals surface area contributed by atoms with Crippen molar-refractivity contribution in [2.24, 2.45) is 0 Å². The third-order valence-electron chi connectivity index (χ3n) is 5.01. The molecule has 0 aromatic carbocycles. The van der Waals surface area contributed by atoms with Crippen LogP contribution in [0.15, 0.2) is 18.2 Å². The minimum Gasteiger partial charge on any atom is -0.395 e. The Bertz CT molecular complexity index is 443. The summed E-state index contributed by atoms with van der Waals surface area (Å²) in [6, 6.07) is 6.81. The number of hydrogen-bond donors (Lipinski definition) is 2. The summed E-state index contributed by atoms with van der Waals surface area (Å²) in [6.45, 7) is 4.23. The predicted molar refractivity (Wildman–Crippen MR) is 85.3 cm³/mol. The van der Waals surface area contributed by atoms with Crippen LogP contribution in [0, 0.1) is 0 Å². The maximum absolute atomic E-state index is 9.42. The topological polar surface area (TPSA) is 59.8 Å². The molecular weight excluding hydrogens is 278 g/mol. The van der Waals surface area contributed by atoms with E-state index >= 15 is 0 Å². The molecule has 1 aromatic rings. The maximum Gasteiger partial charge on any atom is 0.0587 e. The average molecular weight is 305 g/mol. The van der Waals surface area contributed by atoms with Crippen LogP contribution in [0.5, 0.6) is 0 Å².